The van der Waals surface area contributed by atoms with E-state index in [1.807, 2.05) is 13.8 Å². The SMILES string of the molecule is CC(C)(N)C#Cc1cc(Cl)ccc1Cl. The van der Waals surface area contributed by atoms with Gasteiger partial charge in [-0.1, -0.05) is 35.0 Å². The molecule has 1 aromatic rings. The predicted octanol–water partition coefficient (Wildman–Crippen LogP) is 3.08. The van der Waals surface area contributed by atoms with E-state index in [1.165, 1.54) is 0 Å². The van der Waals surface area contributed by atoms with E-state index < -0.39 is 5.54 Å². The van der Waals surface area contributed by atoms with Gasteiger partial charge < -0.3 is 5.73 Å². The summed E-state index contributed by atoms with van der Waals surface area (Å²) in [6.45, 7) is 3.66. The highest BCUT2D eigenvalue weighted by Gasteiger charge is 2.04. The summed E-state index contributed by atoms with van der Waals surface area (Å²) < 4.78 is 0. The Balaban J connectivity index is 3.06. The van der Waals surface area contributed by atoms with Crippen molar-refractivity contribution < 1.29 is 0 Å². The predicted molar refractivity (Wildman–Crippen MR) is 61.6 cm³/mol. The van der Waals surface area contributed by atoms with Gasteiger partial charge in [-0.15, -0.1) is 0 Å². The van der Waals surface area contributed by atoms with Crippen molar-refractivity contribution in [3.8, 4) is 11.8 Å². The van der Waals surface area contributed by atoms with Gasteiger partial charge in [-0.25, -0.2) is 0 Å². The Hall–Kier alpha value is -0.680. The van der Waals surface area contributed by atoms with E-state index in [0.717, 1.165) is 0 Å². The Kier molecular flexibility index (Phi) is 3.44. The van der Waals surface area contributed by atoms with Crippen LogP contribution in [0.2, 0.25) is 10.0 Å². The lowest BCUT2D eigenvalue weighted by atomic mass is 10.1. The molecule has 0 atom stereocenters. The third kappa shape index (κ3) is 3.59. The van der Waals surface area contributed by atoms with Crippen LogP contribution in [0.4, 0.5) is 0 Å². The van der Waals surface area contributed by atoms with Crippen molar-refractivity contribution in [2.45, 2.75) is 19.4 Å². The van der Waals surface area contributed by atoms with Crippen molar-refractivity contribution in [1.29, 1.82) is 0 Å². The second-order valence-corrected chi connectivity index (χ2v) is 4.44. The van der Waals surface area contributed by atoms with E-state index in [1.54, 1.807) is 18.2 Å². The number of benzene rings is 1. The van der Waals surface area contributed by atoms with E-state index in [4.69, 9.17) is 28.9 Å². The van der Waals surface area contributed by atoms with E-state index in [0.29, 0.717) is 15.6 Å². The van der Waals surface area contributed by atoms with Crippen LogP contribution in [-0.2, 0) is 0 Å². The Morgan fingerprint density at radius 3 is 2.50 bits per heavy atom. The largest absolute Gasteiger partial charge is 0.316 e. The molecule has 1 nitrogen and oxygen atoms in total. The number of hydrogen-bond acceptors (Lipinski definition) is 1. The molecule has 0 saturated heterocycles. The highest BCUT2D eigenvalue weighted by molar-refractivity contribution is 6.33. The maximum Gasteiger partial charge on any atom is 0.0722 e. The van der Waals surface area contributed by atoms with Gasteiger partial charge in [-0.3, -0.25) is 0 Å². The third-order valence-electron chi connectivity index (χ3n) is 1.45. The molecule has 0 aliphatic heterocycles. The fourth-order valence-corrected chi connectivity index (χ4v) is 1.16. The first kappa shape index (κ1) is 11.4. The smallest absolute Gasteiger partial charge is 0.0722 e. The van der Waals surface area contributed by atoms with Crippen LogP contribution in [0.15, 0.2) is 18.2 Å². The Morgan fingerprint density at radius 2 is 1.93 bits per heavy atom. The first-order chi connectivity index (χ1) is 6.38. The minimum absolute atomic E-state index is 0.522. The Bertz CT molecular complexity index is 394. The van der Waals surface area contributed by atoms with Gasteiger partial charge in [-0.05, 0) is 32.0 Å². The quantitative estimate of drug-likeness (QED) is 0.678. The fraction of sp³-hybridized carbons (Fsp3) is 0.273. The van der Waals surface area contributed by atoms with Crippen LogP contribution >= 0.6 is 23.2 Å². The van der Waals surface area contributed by atoms with Crippen LogP contribution in [0.5, 0.6) is 0 Å². The lowest BCUT2D eigenvalue weighted by Crippen LogP contribution is -2.29. The van der Waals surface area contributed by atoms with E-state index in [-0.39, 0.29) is 0 Å². The second-order valence-electron chi connectivity index (χ2n) is 3.60. The van der Waals surface area contributed by atoms with Gasteiger partial charge in [0.05, 0.1) is 10.6 Å². The molecular formula is C11H11Cl2N. The van der Waals surface area contributed by atoms with E-state index in [9.17, 15) is 0 Å². The van der Waals surface area contributed by atoms with Crippen LogP contribution in [0.1, 0.15) is 19.4 Å². The molecule has 0 fully saturated rings. The molecule has 14 heavy (non-hydrogen) atoms. The van der Waals surface area contributed by atoms with Gasteiger partial charge in [0, 0.05) is 10.6 Å². The molecule has 0 saturated carbocycles. The molecule has 1 rings (SSSR count). The summed E-state index contributed by atoms with van der Waals surface area (Å²) in [5, 5.41) is 1.21. The topological polar surface area (TPSA) is 26.0 Å². The van der Waals surface area contributed by atoms with Crippen LogP contribution < -0.4 is 5.73 Å². The summed E-state index contributed by atoms with van der Waals surface area (Å²) in [4.78, 5) is 0. The fourth-order valence-electron chi connectivity index (χ4n) is 0.822. The molecule has 0 unspecified atom stereocenters. The molecule has 0 bridgehead atoms. The van der Waals surface area contributed by atoms with Gasteiger partial charge in [0.15, 0.2) is 0 Å². The van der Waals surface area contributed by atoms with Gasteiger partial charge in [-0.2, -0.15) is 0 Å². The van der Waals surface area contributed by atoms with E-state index in [2.05, 4.69) is 11.8 Å². The molecule has 0 aromatic heterocycles. The van der Waals surface area contributed by atoms with Gasteiger partial charge in [0.2, 0.25) is 0 Å². The van der Waals surface area contributed by atoms with Crippen LogP contribution in [-0.4, -0.2) is 5.54 Å². The second kappa shape index (κ2) is 4.23. The van der Waals surface area contributed by atoms with Crippen molar-refractivity contribution in [2.24, 2.45) is 5.73 Å². The molecule has 0 aliphatic carbocycles. The van der Waals surface area contributed by atoms with Crippen molar-refractivity contribution >= 4 is 23.2 Å². The standard InChI is InChI=1S/C11H11Cl2N/c1-11(2,14)6-5-8-7-9(12)3-4-10(8)13/h3-4,7H,14H2,1-2H3. The summed E-state index contributed by atoms with van der Waals surface area (Å²) in [6, 6.07) is 5.17. The highest BCUT2D eigenvalue weighted by Crippen LogP contribution is 2.19. The zero-order chi connectivity index (χ0) is 10.8. The Morgan fingerprint density at radius 1 is 1.29 bits per heavy atom. The molecule has 0 heterocycles. The molecule has 0 spiro atoms. The zero-order valence-corrected chi connectivity index (χ0v) is 9.58. The molecule has 3 heteroatoms. The molecule has 74 valence electrons. The first-order valence-electron chi connectivity index (χ1n) is 4.15. The van der Waals surface area contributed by atoms with E-state index >= 15 is 0 Å². The Labute approximate surface area is 94.2 Å². The lowest BCUT2D eigenvalue weighted by Gasteiger charge is -2.07. The molecule has 0 aliphatic rings. The number of halogens is 2. The molecule has 0 amide bonds. The first-order valence-corrected chi connectivity index (χ1v) is 4.91. The summed E-state index contributed by atoms with van der Waals surface area (Å²) in [6.07, 6.45) is 0. The average Bonchev–Trinajstić information content (AvgIpc) is 2.05. The highest BCUT2D eigenvalue weighted by atomic mass is 35.5. The van der Waals surface area contributed by atoms with Gasteiger partial charge in [0.25, 0.3) is 0 Å². The monoisotopic (exact) mass is 227 g/mol. The summed E-state index contributed by atoms with van der Waals surface area (Å²) >= 11 is 11.7. The van der Waals surface area contributed by atoms with Gasteiger partial charge in [0.1, 0.15) is 0 Å². The minimum atomic E-state index is -0.522. The van der Waals surface area contributed by atoms with Crippen molar-refractivity contribution in [2.75, 3.05) is 0 Å². The molecule has 1 aromatic carbocycles. The van der Waals surface area contributed by atoms with Crippen molar-refractivity contribution in [1.82, 2.24) is 0 Å². The van der Waals surface area contributed by atoms with Crippen molar-refractivity contribution in [3.05, 3.63) is 33.8 Å². The average molecular weight is 228 g/mol. The zero-order valence-electron chi connectivity index (χ0n) is 8.07. The number of hydrogen-bond donors (Lipinski definition) is 1. The summed E-state index contributed by atoms with van der Waals surface area (Å²) in [5.74, 6) is 5.79. The number of nitrogens with two attached hydrogens (primary N) is 1. The normalized spacial score (nSPS) is 10.6. The molecule has 2 N–H and O–H groups in total. The van der Waals surface area contributed by atoms with Gasteiger partial charge >= 0.3 is 0 Å². The van der Waals surface area contributed by atoms with Crippen LogP contribution in [0, 0.1) is 11.8 Å². The third-order valence-corrected chi connectivity index (χ3v) is 2.01. The molecule has 0 radical (unpaired) electrons. The maximum absolute atomic E-state index is 5.92. The lowest BCUT2D eigenvalue weighted by molar-refractivity contribution is 0.680. The number of rotatable bonds is 0. The van der Waals surface area contributed by atoms with Crippen molar-refractivity contribution in [3.63, 3.8) is 0 Å². The maximum atomic E-state index is 5.92. The summed E-state index contributed by atoms with van der Waals surface area (Å²) in [7, 11) is 0. The van der Waals surface area contributed by atoms with Crippen LogP contribution in [0.3, 0.4) is 0 Å². The molecular weight excluding hydrogens is 217 g/mol. The van der Waals surface area contributed by atoms with Crippen LogP contribution in [0.25, 0.3) is 0 Å². The summed E-state index contributed by atoms with van der Waals surface area (Å²) in [5.41, 5.74) is 5.91. The minimum Gasteiger partial charge on any atom is -0.316 e.